The number of carbonyl (C=O) groups is 2. The smallest absolute Gasteiger partial charge is 0.429 e. The number of aliphatic imine (C=N–C) groups is 1. The fourth-order valence-electron chi connectivity index (χ4n) is 3.27. The van der Waals surface area contributed by atoms with Gasteiger partial charge in [0.05, 0.1) is 5.57 Å². The maximum Gasteiger partial charge on any atom is 0.429 e. The van der Waals surface area contributed by atoms with E-state index in [0.717, 1.165) is 0 Å². The first-order valence-corrected chi connectivity index (χ1v) is 12.0. The quantitative estimate of drug-likeness (QED) is 0.156. The molecule has 0 saturated carbocycles. The predicted molar refractivity (Wildman–Crippen MR) is 115 cm³/mol. The Kier molecular flexibility index (Phi) is 7.25. The molecule has 0 aliphatic carbocycles. The maximum absolute atomic E-state index is 13.7. The van der Waals surface area contributed by atoms with Crippen LogP contribution in [0.1, 0.15) is 30.9 Å². The third-order valence-electron chi connectivity index (χ3n) is 4.93. The van der Waals surface area contributed by atoms with E-state index in [1.807, 2.05) is 5.32 Å². The molecule has 1 aliphatic heterocycles. The van der Waals surface area contributed by atoms with E-state index in [2.05, 4.69) is 4.99 Å². The van der Waals surface area contributed by atoms with Crippen molar-refractivity contribution < 1.29 is 52.0 Å². The molecule has 1 aromatic rings. The van der Waals surface area contributed by atoms with E-state index in [1.165, 1.54) is 6.92 Å². The van der Waals surface area contributed by atoms with Gasteiger partial charge in [-0.25, -0.2) is 4.79 Å². The number of carbonyl (C=O) groups excluding carboxylic acids is 1. The predicted octanol–water partition coefficient (Wildman–Crippen LogP) is 4.24. The van der Waals surface area contributed by atoms with Crippen LogP contribution in [0, 0.1) is 0 Å². The van der Waals surface area contributed by atoms with E-state index >= 15 is 0 Å². The molecule has 2 rings (SSSR count). The second kappa shape index (κ2) is 9.01. The molecule has 0 bridgehead atoms. The minimum Gasteiger partial charge on any atom is -0.480 e. The molecule has 1 amide bonds. The topological polar surface area (TPSA) is 140 Å². The number of aliphatic carboxylic acids is 1. The molecule has 6 N–H and O–H groups in total. The van der Waals surface area contributed by atoms with E-state index in [9.17, 15) is 47.3 Å². The molecule has 0 spiro atoms. The number of nitrogens with zero attached hydrogens (tertiary/aromatic N) is 1. The first-order chi connectivity index (χ1) is 16.1. The lowest BCUT2D eigenvalue weighted by atomic mass is 9.97. The number of halogens is 8. The summed E-state index contributed by atoms with van der Waals surface area (Å²) < 4.78 is 113. The van der Waals surface area contributed by atoms with Crippen LogP contribution < -0.4 is 21.5 Å². The number of benzene rings is 1. The summed E-state index contributed by atoms with van der Waals surface area (Å²) in [5.74, 6) is -4.33. The number of carboxylic acids is 1. The Morgan fingerprint density at radius 2 is 1.81 bits per heavy atom. The summed E-state index contributed by atoms with van der Waals surface area (Å²) in [5, 5.41) is 11.1. The number of aryl methyl sites for hydroxylation is 1. The molecule has 2 atom stereocenters. The summed E-state index contributed by atoms with van der Waals surface area (Å²) >= 11 is 0. The van der Waals surface area contributed by atoms with E-state index in [-0.39, 0.29) is 37.5 Å². The minimum absolute atomic E-state index is 0.00373. The summed E-state index contributed by atoms with van der Waals surface area (Å²) in [4.78, 5) is 25.3. The van der Waals surface area contributed by atoms with Gasteiger partial charge < -0.3 is 26.6 Å². The fourth-order valence-corrected chi connectivity index (χ4v) is 3.99. The van der Waals surface area contributed by atoms with Crippen LogP contribution in [0.15, 0.2) is 27.6 Å². The monoisotopic (exact) mass is 554 g/mol. The summed E-state index contributed by atoms with van der Waals surface area (Å²) in [6, 6.07) is -1.84. The van der Waals surface area contributed by atoms with Gasteiger partial charge in [-0.3, -0.25) is 9.79 Å². The van der Waals surface area contributed by atoms with Crippen LogP contribution >= 0.6 is 10.2 Å². The van der Waals surface area contributed by atoms with Crippen molar-refractivity contribution in [1.82, 2.24) is 5.32 Å². The maximum atomic E-state index is 13.7. The van der Waals surface area contributed by atoms with Crippen molar-refractivity contribution in [3.63, 3.8) is 0 Å². The average molecular weight is 554 g/mol. The first-order valence-electron chi connectivity index (χ1n) is 10.1. The number of ether oxygens (including phenoxy) is 1. The normalized spacial score (nSPS) is 18.5. The SMILES string of the molecule is CCc1cc(S(F)(F)(F)(F)F)cc2c1O[C@H](C(F)(F)F)C(C(=O)NC(CCCN=C(N)N)C(=O)O)=C2. The number of alkyl halides is 3. The molecular formula is C19H22F8N4O4S. The summed E-state index contributed by atoms with van der Waals surface area (Å²) in [5.41, 5.74) is 7.48. The standard InChI is InChI=1S/C19H22F8N4O4S/c1-2-9-6-11(36(23,24,25,26)27)7-10-8-12(15(19(20,21)22)35-14(9)10)16(32)31-13(17(33)34)4-3-5-30-18(28)29/h6-8,13,15H,2-5H2,1H3,(H,31,32)(H,33,34)(H4,28,29,30)/t13?,15-/m0/s1. The van der Waals surface area contributed by atoms with Gasteiger partial charge in [0.25, 0.3) is 5.91 Å². The zero-order valence-electron chi connectivity index (χ0n) is 18.4. The molecular weight excluding hydrogens is 532 g/mol. The van der Waals surface area contributed by atoms with Gasteiger partial charge in [-0.1, -0.05) is 26.4 Å². The van der Waals surface area contributed by atoms with Crippen LogP contribution in [-0.2, 0) is 16.0 Å². The molecule has 8 nitrogen and oxygen atoms in total. The molecule has 0 aromatic heterocycles. The van der Waals surface area contributed by atoms with Crippen LogP contribution in [0.4, 0.5) is 32.6 Å². The largest absolute Gasteiger partial charge is 0.480 e. The minimum atomic E-state index is -10.2. The zero-order valence-corrected chi connectivity index (χ0v) is 19.2. The molecule has 0 fully saturated rings. The van der Waals surface area contributed by atoms with Crippen molar-refractivity contribution in [2.75, 3.05) is 6.54 Å². The van der Waals surface area contributed by atoms with Crippen molar-refractivity contribution in [2.45, 2.75) is 49.4 Å². The Labute approximate surface area is 199 Å². The Hall–Kier alpha value is -3.24. The highest BCUT2D eigenvalue weighted by molar-refractivity contribution is 8.45. The fraction of sp³-hybridized carbons (Fsp3) is 0.421. The lowest BCUT2D eigenvalue weighted by molar-refractivity contribution is -0.185. The molecule has 204 valence electrons. The van der Waals surface area contributed by atoms with Crippen LogP contribution in [0.25, 0.3) is 6.08 Å². The molecule has 1 aliphatic rings. The van der Waals surface area contributed by atoms with Gasteiger partial charge in [-0.2, -0.15) is 13.2 Å². The highest BCUT2D eigenvalue weighted by atomic mass is 32.5. The van der Waals surface area contributed by atoms with Crippen LogP contribution in [0.3, 0.4) is 0 Å². The van der Waals surface area contributed by atoms with E-state index < -0.39 is 74.2 Å². The summed E-state index contributed by atoms with van der Waals surface area (Å²) in [7, 11) is -10.2. The number of nitrogens with one attached hydrogen (secondary N) is 1. The van der Waals surface area contributed by atoms with Crippen molar-refractivity contribution in [1.29, 1.82) is 0 Å². The number of nitrogens with two attached hydrogens (primary N) is 2. The molecule has 17 heteroatoms. The number of rotatable bonds is 9. The van der Waals surface area contributed by atoms with Gasteiger partial charge in [-0.15, -0.1) is 0 Å². The molecule has 1 unspecified atom stereocenters. The Morgan fingerprint density at radius 3 is 2.28 bits per heavy atom. The second-order valence-corrected chi connectivity index (χ2v) is 10.2. The second-order valence-electron chi connectivity index (χ2n) is 7.78. The third kappa shape index (κ3) is 7.14. The number of fused-ring (bicyclic) bond motifs is 1. The Morgan fingerprint density at radius 1 is 1.19 bits per heavy atom. The molecule has 36 heavy (non-hydrogen) atoms. The summed E-state index contributed by atoms with van der Waals surface area (Å²) in [6.45, 7) is 1.14. The van der Waals surface area contributed by atoms with Crippen molar-refractivity contribution >= 4 is 34.1 Å². The van der Waals surface area contributed by atoms with Crippen LogP contribution in [0.5, 0.6) is 5.75 Å². The van der Waals surface area contributed by atoms with E-state index in [4.69, 9.17) is 16.2 Å². The third-order valence-corrected chi connectivity index (χ3v) is 6.06. The highest BCUT2D eigenvalue weighted by Gasteiger charge is 2.66. The number of amides is 1. The van der Waals surface area contributed by atoms with Crippen molar-refractivity contribution in [3.8, 4) is 5.75 Å². The van der Waals surface area contributed by atoms with Crippen molar-refractivity contribution in [2.24, 2.45) is 16.5 Å². The Balaban J connectivity index is 2.53. The molecule has 1 aromatic carbocycles. The van der Waals surface area contributed by atoms with E-state index in [0.29, 0.717) is 6.08 Å². The average Bonchev–Trinajstić information content (AvgIpc) is 2.71. The summed E-state index contributed by atoms with van der Waals surface area (Å²) in [6.07, 6.45) is -8.68. The number of hydrogen-bond acceptors (Lipinski definition) is 4. The van der Waals surface area contributed by atoms with Crippen molar-refractivity contribution in [3.05, 3.63) is 28.8 Å². The first kappa shape index (κ1) is 29.0. The van der Waals surface area contributed by atoms with Crippen LogP contribution in [-0.4, -0.2) is 47.8 Å². The highest BCUT2D eigenvalue weighted by Crippen LogP contribution is 3.02. The van der Waals surface area contributed by atoms with Crippen LogP contribution in [0.2, 0.25) is 0 Å². The van der Waals surface area contributed by atoms with Gasteiger partial charge in [-0.05, 0) is 43.0 Å². The van der Waals surface area contributed by atoms with Gasteiger partial charge in [0.15, 0.2) is 5.96 Å². The number of carboxylic acid groups (broad SMARTS) is 1. The lowest BCUT2D eigenvalue weighted by Crippen LogP contribution is -2.48. The lowest BCUT2D eigenvalue weighted by Gasteiger charge is -2.41. The van der Waals surface area contributed by atoms with Gasteiger partial charge in [0.1, 0.15) is 16.7 Å². The van der Waals surface area contributed by atoms with E-state index in [1.54, 1.807) is 0 Å². The molecule has 1 heterocycles. The number of hydrogen-bond donors (Lipinski definition) is 4. The number of guanidine groups is 1. The van der Waals surface area contributed by atoms with Gasteiger partial charge >= 0.3 is 22.4 Å². The van der Waals surface area contributed by atoms with Gasteiger partial charge in [0, 0.05) is 12.1 Å². The molecule has 0 radical (unpaired) electrons. The zero-order chi connectivity index (χ0) is 27.8. The Bertz CT molecular complexity index is 1120. The van der Waals surface area contributed by atoms with Gasteiger partial charge in [0.2, 0.25) is 6.10 Å². The molecule has 0 saturated heterocycles.